The molecule has 0 fully saturated rings. The summed E-state index contributed by atoms with van der Waals surface area (Å²) in [6, 6.07) is 10.2. The van der Waals surface area contributed by atoms with Gasteiger partial charge >= 0.3 is 0 Å². The van der Waals surface area contributed by atoms with Crippen LogP contribution in [0.2, 0.25) is 5.02 Å². The fourth-order valence-corrected chi connectivity index (χ4v) is 2.31. The third-order valence-corrected chi connectivity index (χ3v) is 3.35. The molecule has 0 bridgehead atoms. The van der Waals surface area contributed by atoms with Gasteiger partial charge in [0.25, 0.3) is 0 Å². The first-order valence-corrected chi connectivity index (χ1v) is 6.37. The topological polar surface area (TPSA) is 35.8 Å². The summed E-state index contributed by atoms with van der Waals surface area (Å²) in [5.41, 5.74) is 2.42. The summed E-state index contributed by atoms with van der Waals surface area (Å²) in [6.45, 7) is 0. The summed E-state index contributed by atoms with van der Waals surface area (Å²) in [4.78, 5) is 4.54. The van der Waals surface area contributed by atoms with Crippen LogP contribution in [0.5, 0.6) is 11.5 Å². The first kappa shape index (κ1) is 12.8. The molecule has 1 radical (unpaired) electrons. The van der Waals surface area contributed by atoms with Crippen molar-refractivity contribution in [3.63, 3.8) is 0 Å². The lowest BCUT2D eigenvalue weighted by molar-refractivity contribution is 0.395. The Balaban J connectivity index is 2.19. The van der Waals surface area contributed by atoms with Gasteiger partial charge in [-0.25, -0.2) is 4.98 Å². The largest absolute Gasteiger partial charge is 0.496 e. The molecule has 0 atom stereocenters. The van der Waals surface area contributed by atoms with Crippen molar-refractivity contribution in [1.82, 2.24) is 9.38 Å². The van der Waals surface area contributed by atoms with Crippen molar-refractivity contribution in [3.05, 3.63) is 47.7 Å². The van der Waals surface area contributed by atoms with Gasteiger partial charge in [-0.05, 0) is 24.3 Å². The van der Waals surface area contributed by atoms with E-state index in [1.165, 1.54) is 0 Å². The summed E-state index contributed by atoms with van der Waals surface area (Å²) < 4.78 is 12.5. The molecule has 101 valence electrons. The van der Waals surface area contributed by atoms with Crippen LogP contribution in [0, 0.1) is 6.07 Å². The quantitative estimate of drug-likeness (QED) is 0.740. The molecule has 2 heterocycles. The number of ether oxygens (including phenoxy) is 2. The van der Waals surface area contributed by atoms with Crippen molar-refractivity contribution in [3.8, 4) is 22.8 Å². The predicted octanol–water partition coefficient (Wildman–Crippen LogP) is 3.47. The zero-order chi connectivity index (χ0) is 14.1. The van der Waals surface area contributed by atoms with Crippen LogP contribution in [0.4, 0.5) is 0 Å². The molecule has 2 aromatic heterocycles. The highest BCUT2D eigenvalue weighted by Gasteiger charge is 2.14. The molecule has 0 amide bonds. The van der Waals surface area contributed by atoms with E-state index in [0.717, 1.165) is 16.9 Å². The minimum Gasteiger partial charge on any atom is -0.496 e. The summed E-state index contributed by atoms with van der Waals surface area (Å²) >= 11 is 6.19. The Morgan fingerprint density at radius 2 is 2.00 bits per heavy atom. The van der Waals surface area contributed by atoms with Gasteiger partial charge in [0.05, 0.1) is 24.9 Å². The minimum atomic E-state index is 0.520. The third-order valence-electron chi connectivity index (χ3n) is 3.05. The first-order chi connectivity index (χ1) is 9.72. The van der Waals surface area contributed by atoms with Gasteiger partial charge in [0.15, 0.2) is 0 Å². The molecular formula is C15H12ClN2O2. The average Bonchev–Trinajstić information content (AvgIpc) is 2.90. The number of halogens is 1. The van der Waals surface area contributed by atoms with Crippen LogP contribution in [-0.2, 0) is 0 Å². The number of aromatic nitrogens is 2. The van der Waals surface area contributed by atoms with Crippen molar-refractivity contribution in [2.45, 2.75) is 0 Å². The highest BCUT2D eigenvalue weighted by molar-refractivity contribution is 6.32. The zero-order valence-electron chi connectivity index (χ0n) is 11.1. The van der Waals surface area contributed by atoms with Crippen LogP contribution < -0.4 is 9.47 Å². The van der Waals surface area contributed by atoms with Crippen molar-refractivity contribution in [1.29, 1.82) is 0 Å². The van der Waals surface area contributed by atoms with Gasteiger partial charge < -0.3 is 13.9 Å². The van der Waals surface area contributed by atoms with Gasteiger partial charge in [-0.15, -0.1) is 0 Å². The predicted molar refractivity (Wildman–Crippen MR) is 77.6 cm³/mol. The van der Waals surface area contributed by atoms with Crippen LogP contribution >= 0.6 is 11.6 Å². The molecule has 20 heavy (non-hydrogen) atoms. The number of rotatable bonds is 3. The summed E-state index contributed by atoms with van der Waals surface area (Å²) in [5, 5.41) is 0.520. The number of imidazole rings is 1. The van der Waals surface area contributed by atoms with E-state index in [-0.39, 0.29) is 0 Å². The molecule has 0 aliphatic rings. The fourth-order valence-electron chi connectivity index (χ4n) is 2.07. The van der Waals surface area contributed by atoms with Crippen LogP contribution in [-0.4, -0.2) is 23.6 Å². The Morgan fingerprint density at radius 1 is 1.20 bits per heavy atom. The summed E-state index contributed by atoms with van der Waals surface area (Å²) in [7, 11) is 3.18. The SMILES string of the molecule is COc1cc(OC)c(-c2cn3cc[c]cc3n2)cc1Cl. The molecule has 3 rings (SSSR count). The lowest BCUT2D eigenvalue weighted by Crippen LogP contribution is -1.91. The highest BCUT2D eigenvalue weighted by Crippen LogP contribution is 2.37. The molecule has 0 unspecified atom stereocenters. The van der Waals surface area contributed by atoms with Crippen molar-refractivity contribution >= 4 is 17.2 Å². The number of nitrogens with zero attached hydrogens (tertiary/aromatic N) is 2. The van der Waals surface area contributed by atoms with Crippen LogP contribution in [0.1, 0.15) is 0 Å². The smallest absolute Gasteiger partial charge is 0.141 e. The van der Waals surface area contributed by atoms with E-state index < -0.39 is 0 Å². The van der Waals surface area contributed by atoms with E-state index in [0.29, 0.717) is 16.5 Å². The van der Waals surface area contributed by atoms with Gasteiger partial charge in [-0.2, -0.15) is 0 Å². The number of pyridine rings is 1. The van der Waals surface area contributed by atoms with Crippen LogP contribution in [0.3, 0.4) is 0 Å². The van der Waals surface area contributed by atoms with E-state index in [4.69, 9.17) is 21.1 Å². The summed E-state index contributed by atoms with van der Waals surface area (Å²) in [6.07, 6.45) is 3.81. The van der Waals surface area contributed by atoms with Crippen molar-refractivity contribution < 1.29 is 9.47 Å². The highest BCUT2D eigenvalue weighted by atomic mass is 35.5. The second-order valence-corrected chi connectivity index (χ2v) is 4.61. The molecule has 1 aromatic carbocycles. The van der Waals surface area contributed by atoms with Crippen molar-refractivity contribution in [2.75, 3.05) is 14.2 Å². The lowest BCUT2D eigenvalue weighted by Gasteiger charge is -2.10. The maximum absolute atomic E-state index is 6.19. The maximum Gasteiger partial charge on any atom is 0.141 e. The van der Waals surface area contributed by atoms with Crippen LogP contribution in [0.15, 0.2) is 36.7 Å². The van der Waals surface area contributed by atoms with E-state index in [1.807, 2.05) is 28.9 Å². The lowest BCUT2D eigenvalue weighted by atomic mass is 10.1. The second-order valence-electron chi connectivity index (χ2n) is 4.21. The van der Waals surface area contributed by atoms with Gasteiger partial charge in [0.1, 0.15) is 17.1 Å². The molecule has 0 saturated carbocycles. The first-order valence-electron chi connectivity index (χ1n) is 5.99. The Bertz CT molecular complexity index is 735. The standard InChI is InChI=1S/C15H12ClN2O2/c1-19-13-8-14(20-2)11(16)7-10(13)12-9-18-6-4-3-5-15(18)17-12/h4-9H,1-2H3. The average molecular weight is 288 g/mol. The van der Waals surface area contributed by atoms with Gasteiger partial charge in [-0.3, -0.25) is 0 Å². The molecule has 4 nitrogen and oxygen atoms in total. The molecule has 0 saturated heterocycles. The number of methoxy groups -OCH3 is 2. The van der Waals surface area contributed by atoms with E-state index >= 15 is 0 Å². The Labute approximate surface area is 121 Å². The van der Waals surface area contributed by atoms with E-state index in [9.17, 15) is 0 Å². The number of hydrogen-bond acceptors (Lipinski definition) is 3. The van der Waals surface area contributed by atoms with Gasteiger partial charge in [0.2, 0.25) is 0 Å². The molecule has 0 aliphatic heterocycles. The Morgan fingerprint density at radius 3 is 2.70 bits per heavy atom. The maximum atomic E-state index is 6.19. The summed E-state index contributed by atoms with van der Waals surface area (Å²) in [5.74, 6) is 1.24. The van der Waals surface area contributed by atoms with Crippen molar-refractivity contribution in [2.24, 2.45) is 0 Å². The number of hydrogen-bond donors (Lipinski definition) is 0. The third kappa shape index (κ3) is 2.08. The van der Waals surface area contributed by atoms with Gasteiger partial charge in [-0.1, -0.05) is 11.6 Å². The molecule has 0 spiro atoms. The number of benzene rings is 1. The Hall–Kier alpha value is -2.20. The zero-order valence-corrected chi connectivity index (χ0v) is 11.8. The second kappa shape index (κ2) is 5.06. The monoisotopic (exact) mass is 287 g/mol. The molecule has 0 N–H and O–H groups in total. The van der Waals surface area contributed by atoms with Crippen LogP contribution in [0.25, 0.3) is 16.9 Å². The molecule has 3 aromatic rings. The minimum absolute atomic E-state index is 0.520. The number of fused-ring (bicyclic) bond motifs is 1. The Kier molecular flexibility index (Phi) is 3.24. The fraction of sp³-hybridized carbons (Fsp3) is 0.133. The molecule has 5 heteroatoms. The van der Waals surface area contributed by atoms with E-state index in [1.54, 1.807) is 26.4 Å². The normalized spacial score (nSPS) is 10.8. The molecule has 0 aliphatic carbocycles. The van der Waals surface area contributed by atoms with Gasteiger partial charge in [0, 0.05) is 24.0 Å². The molecular weight excluding hydrogens is 276 g/mol. The van der Waals surface area contributed by atoms with E-state index in [2.05, 4.69) is 11.1 Å².